The first-order valence-corrected chi connectivity index (χ1v) is 8.89. The number of rotatable bonds is 10. The van der Waals surface area contributed by atoms with E-state index in [4.69, 9.17) is 4.74 Å². The SMILES string of the molecule is CC(CCC(=O)NC=O)N(C)C(=O)c1cccc(OCC2CNC2)c1C=O. The van der Waals surface area contributed by atoms with E-state index in [9.17, 15) is 19.2 Å². The van der Waals surface area contributed by atoms with Crippen LogP contribution < -0.4 is 15.4 Å². The lowest BCUT2D eigenvalue weighted by Crippen LogP contribution is -2.45. The molecular weight excluding hydrogens is 350 g/mol. The fourth-order valence-corrected chi connectivity index (χ4v) is 2.71. The number of amides is 3. The summed E-state index contributed by atoms with van der Waals surface area (Å²) in [7, 11) is 1.62. The Morgan fingerprint density at radius 1 is 1.37 bits per heavy atom. The lowest BCUT2D eigenvalue weighted by molar-refractivity contribution is -0.125. The molecule has 2 rings (SSSR count). The molecule has 1 unspecified atom stereocenters. The van der Waals surface area contributed by atoms with E-state index in [0.29, 0.717) is 37.4 Å². The fourth-order valence-electron chi connectivity index (χ4n) is 2.71. The first-order chi connectivity index (χ1) is 13.0. The van der Waals surface area contributed by atoms with Crippen LogP contribution in [0.5, 0.6) is 5.75 Å². The van der Waals surface area contributed by atoms with Gasteiger partial charge in [-0.05, 0) is 25.5 Å². The lowest BCUT2D eigenvalue weighted by atomic mass is 10.0. The van der Waals surface area contributed by atoms with E-state index in [1.807, 2.05) is 0 Å². The molecule has 0 spiro atoms. The Hall–Kier alpha value is -2.74. The maximum Gasteiger partial charge on any atom is 0.254 e. The molecule has 0 aliphatic carbocycles. The van der Waals surface area contributed by atoms with Gasteiger partial charge in [-0.25, -0.2) is 0 Å². The Balaban J connectivity index is 2.05. The smallest absolute Gasteiger partial charge is 0.254 e. The highest BCUT2D eigenvalue weighted by Crippen LogP contribution is 2.24. The second kappa shape index (κ2) is 9.82. The normalized spacial score (nSPS) is 14.6. The van der Waals surface area contributed by atoms with E-state index in [1.54, 1.807) is 32.2 Å². The van der Waals surface area contributed by atoms with Gasteiger partial charge in [0.15, 0.2) is 6.29 Å². The highest BCUT2D eigenvalue weighted by molar-refractivity contribution is 6.03. The highest BCUT2D eigenvalue weighted by atomic mass is 16.5. The maximum atomic E-state index is 12.8. The number of carbonyl (C=O) groups excluding carboxylic acids is 4. The van der Waals surface area contributed by atoms with E-state index >= 15 is 0 Å². The van der Waals surface area contributed by atoms with Crippen molar-refractivity contribution in [2.24, 2.45) is 5.92 Å². The topological polar surface area (TPSA) is 105 Å². The number of benzene rings is 1. The summed E-state index contributed by atoms with van der Waals surface area (Å²) in [5.41, 5.74) is 0.494. The van der Waals surface area contributed by atoms with Crippen molar-refractivity contribution in [3.63, 3.8) is 0 Å². The van der Waals surface area contributed by atoms with Crippen LogP contribution in [0.15, 0.2) is 18.2 Å². The van der Waals surface area contributed by atoms with Gasteiger partial charge < -0.3 is 15.0 Å². The average molecular weight is 375 g/mol. The molecule has 146 valence electrons. The molecule has 1 aliphatic heterocycles. The second-order valence-corrected chi connectivity index (χ2v) is 6.66. The molecule has 27 heavy (non-hydrogen) atoms. The molecule has 0 bridgehead atoms. The summed E-state index contributed by atoms with van der Waals surface area (Å²) in [6.07, 6.45) is 1.49. The van der Waals surface area contributed by atoms with E-state index in [0.717, 1.165) is 13.1 Å². The first kappa shape index (κ1) is 20.6. The summed E-state index contributed by atoms with van der Waals surface area (Å²) < 4.78 is 5.74. The van der Waals surface area contributed by atoms with Gasteiger partial charge in [0.1, 0.15) is 5.75 Å². The lowest BCUT2D eigenvalue weighted by Gasteiger charge is -2.28. The number of nitrogens with one attached hydrogen (secondary N) is 2. The maximum absolute atomic E-state index is 12.8. The number of aldehydes is 1. The molecule has 1 fully saturated rings. The van der Waals surface area contributed by atoms with Crippen LogP contribution in [-0.4, -0.2) is 62.2 Å². The molecule has 2 N–H and O–H groups in total. The van der Waals surface area contributed by atoms with Gasteiger partial charge in [0, 0.05) is 38.5 Å². The number of imide groups is 1. The third kappa shape index (κ3) is 5.37. The van der Waals surface area contributed by atoms with Gasteiger partial charge in [0.2, 0.25) is 12.3 Å². The molecule has 1 atom stereocenters. The predicted octanol–water partition coefficient (Wildman–Crippen LogP) is 0.611. The van der Waals surface area contributed by atoms with Crippen molar-refractivity contribution in [1.82, 2.24) is 15.5 Å². The Kier molecular flexibility index (Phi) is 7.48. The Morgan fingerprint density at radius 2 is 2.11 bits per heavy atom. The molecular formula is C19H25N3O5. The minimum absolute atomic E-state index is 0.122. The Bertz CT molecular complexity index is 703. The quantitative estimate of drug-likeness (QED) is 0.581. The summed E-state index contributed by atoms with van der Waals surface area (Å²) in [6, 6.07) is 4.70. The van der Waals surface area contributed by atoms with Crippen LogP contribution in [0.4, 0.5) is 0 Å². The van der Waals surface area contributed by atoms with Gasteiger partial charge in [0.05, 0.1) is 17.7 Å². The van der Waals surface area contributed by atoms with E-state index < -0.39 is 5.91 Å². The molecule has 0 saturated carbocycles. The van der Waals surface area contributed by atoms with Crippen molar-refractivity contribution < 1.29 is 23.9 Å². The first-order valence-electron chi connectivity index (χ1n) is 8.89. The van der Waals surface area contributed by atoms with Crippen LogP contribution in [0.2, 0.25) is 0 Å². The van der Waals surface area contributed by atoms with Crippen molar-refractivity contribution in [1.29, 1.82) is 0 Å². The summed E-state index contributed by atoms with van der Waals surface area (Å²) in [6.45, 7) is 4.06. The zero-order chi connectivity index (χ0) is 19.8. The standard InChI is InChI=1S/C19H25N3O5/c1-13(6-7-18(25)21-12-24)22(2)19(26)15-4-3-5-17(16(15)10-23)27-11-14-8-20-9-14/h3-5,10,12-14,20H,6-9,11H2,1-2H3,(H,21,24,25). The van der Waals surface area contributed by atoms with Crippen LogP contribution in [-0.2, 0) is 9.59 Å². The summed E-state index contributed by atoms with van der Waals surface area (Å²) in [5.74, 6) is 0.0848. The Morgan fingerprint density at radius 3 is 2.70 bits per heavy atom. The minimum atomic E-state index is -0.396. The van der Waals surface area contributed by atoms with Crippen molar-refractivity contribution in [3.05, 3.63) is 29.3 Å². The van der Waals surface area contributed by atoms with Crippen LogP contribution in [0.1, 0.15) is 40.5 Å². The Labute approximate surface area is 158 Å². The average Bonchev–Trinajstić information content (AvgIpc) is 2.63. The predicted molar refractivity (Wildman–Crippen MR) is 98.7 cm³/mol. The van der Waals surface area contributed by atoms with Crippen molar-refractivity contribution in [2.75, 3.05) is 26.7 Å². The van der Waals surface area contributed by atoms with E-state index in [-0.39, 0.29) is 29.5 Å². The van der Waals surface area contributed by atoms with Gasteiger partial charge in [0.25, 0.3) is 5.91 Å². The molecule has 8 nitrogen and oxygen atoms in total. The number of nitrogens with zero attached hydrogens (tertiary/aromatic N) is 1. The zero-order valence-electron chi connectivity index (χ0n) is 15.6. The zero-order valence-corrected chi connectivity index (χ0v) is 15.6. The van der Waals surface area contributed by atoms with Gasteiger partial charge >= 0.3 is 0 Å². The molecule has 1 heterocycles. The fraction of sp³-hybridized carbons (Fsp3) is 0.474. The summed E-state index contributed by atoms with van der Waals surface area (Å²) in [4.78, 5) is 47.6. The minimum Gasteiger partial charge on any atom is -0.492 e. The summed E-state index contributed by atoms with van der Waals surface area (Å²) in [5, 5.41) is 5.22. The summed E-state index contributed by atoms with van der Waals surface area (Å²) >= 11 is 0. The molecule has 1 aliphatic rings. The third-order valence-corrected chi connectivity index (χ3v) is 4.75. The molecule has 3 amide bonds. The molecule has 0 radical (unpaired) electrons. The van der Waals surface area contributed by atoms with Crippen LogP contribution in [0.25, 0.3) is 0 Å². The monoisotopic (exact) mass is 375 g/mol. The van der Waals surface area contributed by atoms with Crippen molar-refractivity contribution in [3.8, 4) is 5.75 Å². The molecule has 1 saturated heterocycles. The largest absolute Gasteiger partial charge is 0.492 e. The van der Waals surface area contributed by atoms with Crippen molar-refractivity contribution >= 4 is 24.5 Å². The van der Waals surface area contributed by atoms with Gasteiger partial charge in [-0.15, -0.1) is 0 Å². The molecule has 1 aromatic carbocycles. The van der Waals surface area contributed by atoms with Gasteiger partial charge in [-0.2, -0.15) is 0 Å². The van der Waals surface area contributed by atoms with Crippen LogP contribution >= 0.6 is 0 Å². The number of carbonyl (C=O) groups is 4. The van der Waals surface area contributed by atoms with Crippen LogP contribution in [0, 0.1) is 5.92 Å². The molecule has 1 aromatic rings. The van der Waals surface area contributed by atoms with Gasteiger partial charge in [-0.1, -0.05) is 6.07 Å². The van der Waals surface area contributed by atoms with Gasteiger partial charge in [-0.3, -0.25) is 24.5 Å². The van der Waals surface area contributed by atoms with E-state index in [2.05, 4.69) is 10.6 Å². The highest BCUT2D eigenvalue weighted by Gasteiger charge is 2.23. The van der Waals surface area contributed by atoms with Crippen molar-refractivity contribution in [2.45, 2.75) is 25.8 Å². The molecule has 8 heteroatoms. The number of hydrogen-bond donors (Lipinski definition) is 2. The van der Waals surface area contributed by atoms with E-state index in [1.165, 1.54) is 4.90 Å². The number of ether oxygens (including phenoxy) is 1. The second-order valence-electron chi connectivity index (χ2n) is 6.66. The van der Waals surface area contributed by atoms with Crippen LogP contribution in [0.3, 0.4) is 0 Å². The molecule has 0 aromatic heterocycles. The number of hydrogen-bond acceptors (Lipinski definition) is 6. The third-order valence-electron chi connectivity index (χ3n) is 4.75.